The number of likely N-dealkylation sites (N-methyl/N-ethyl adjacent to an activating group) is 1. The fourth-order valence-corrected chi connectivity index (χ4v) is 2.66. The molecule has 0 fully saturated rings. The van der Waals surface area contributed by atoms with Gasteiger partial charge in [0.05, 0.1) is 0 Å². The number of benzene rings is 1. The molecule has 2 nitrogen and oxygen atoms in total. The fraction of sp³-hybridized carbons (Fsp3) is 0.333. The molecule has 0 aliphatic heterocycles. The second-order valence-corrected chi connectivity index (χ2v) is 5.43. The molecule has 2 aromatic rings. The van der Waals surface area contributed by atoms with Gasteiger partial charge >= 0.3 is 0 Å². The Morgan fingerprint density at radius 2 is 1.94 bits per heavy atom. The lowest BCUT2D eigenvalue weighted by atomic mass is 10.2. The molecular formula is C15H20N2S. The van der Waals surface area contributed by atoms with E-state index >= 15 is 0 Å². The Labute approximate surface area is 113 Å². The summed E-state index contributed by atoms with van der Waals surface area (Å²) in [5, 5.41) is 5.68. The highest BCUT2D eigenvalue weighted by molar-refractivity contribution is 7.10. The maximum absolute atomic E-state index is 3.55. The van der Waals surface area contributed by atoms with Crippen molar-refractivity contribution in [1.29, 1.82) is 0 Å². The summed E-state index contributed by atoms with van der Waals surface area (Å²) < 4.78 is 0. The van der Waals surface area contributed by atoms with Crippen LogP contribution in [0.1, 0.15) is 17.8 Å². The monoisotopic (exact) mass is 260 g/mol. The first kappa shape index (κ1) is 13.1. The van der Waals surface area contributed by atoms with E-state index in [0.717, 1.165) is 13.1 Å². The second kappa shape index (κ2) is 6.57. The first-order chi connectivity index (χ1) is 8.77. The average Bonchev–Trinajstić information content (AvgIpc) is 2.93. The molecule has 2 rings (SSSR count). The van der Waals surface area contributed by atoms with Crippen molar-refractivity contribution >= 4 is 17.0 Å². The minimum absolute atomic E-state index is 0.439. The maximum atomic E-state index is 3.55. The summed E-state index contributed by atoms with van der Waals surface area (Å²) in [7, 11) is 2.13. The summed E-state index contributed by atoms with van der Waals surface area (Å²) in [6.07, 6.45) is 0. The molecule has 1 aromatic carbocycles. The zero-order chi connectivity index (χ0) is 12.8. The molecule has 0 aliphatic carbocycles. The normalized spacial score (nSPS) is 12.3. The molecule has 1 N–H and O–H groups in total. The molecule has 0 radical (unpaired) electrons. The number of thiophene rings is 1. The molecular weight excluding hydrogens is 240 g/mol. The van der Waals surface area contributed by atoms with Gasteiger partial charge < -0.3 is 10.2 Å². The van der Waals surface area contributed by atoms with Crippen molar-refractivity contribution < 1.29 is 0 Å². The minimum Gasteiger partial charge on any atom is -0.373 e. The lowest BCUT2D eigenvalue weighted by Gasteiger charge is -2.21. The first-order valence-corrected chi connectivity index (χ1v) is 7.18. The Hall–Kier alpha value is -1.32. The van der Waals surface area contributed by atoms with Crippen LogP contribution < -0.4 is 10.2 Å². The van der Waals surface area contributed by atoms with Crippen molar-refractivity contribution in [1.82, 2.24) is 5.32 Å². The summed E-state index contributed by atoms with van der Waals surface area (Å²) in [6.45, 7) is 4.22. The van der Waals surface area contributed by atoms with Crippen LogP contribution in [0.25, 0.3) is 0 Å². The maximum Gasteiger partial charge on any atom is 0.0386 e. The minimum atomic E-state index is 0.439. The molecule has 0 amide bonds. The van der Waals surface area contributed by atoms with Crippen molar-refractivity contribution in [2.24, 2.45) is 0 Å². The van der Waals surface area contributed by atoms with Gasteiger partial charge in [0.2, 0.25) is 0 Å². The van der Waals surface area contributed by atoms with Gasteiger partial charge in [-0.2, -0.15) is 0 Å². The third kappa shape index (κ3) is 3.59. The zero-order valence-corrected chi connectivity index (χ0v) is 11.8. The van der Waals surface area contributed by atoms with Gasteiger partial charge in [-0.25, -0.2) is 0 Å². The number of rotatable bonds is 6. The van der Waals surface area contributed by atoms with E-state index in [-0.39, 0.29) is 0 Å². The number of anilines is 1. The van der Waals surface area contributed by atoms with Crippen molar-refractivity contribution in [3.05, 3.63) is 52.7 Å². The smallest absolute Gasteiger partial charge is 0.0386 e. The van der Waals surface area contributed by atoms with Gasteiger partial charge in [0, 0.05) is 36.7 Å². The van der Waals surface area contributed by atoms with Gasteiger partial charge in [0.1, 0.15) is 0 Å². The summed E-state index contributed by atoms with van der Waals surface area (Å²) in [5.41, 5.74) is 1.27. The molecule has 0 bridgehead atoms. The number of hydrogen-bond acceptors (Lipinski definition) is 3. The Morgan fingerprint density at radius 3 is 2.61 bits per heavy atom. The Bertz CT molecular complexity index is 439. The SMILES string of the molecule is CC(NCCN(C)c1ccccc1)c1cccs1. The van der Waals surface area contributed by atoms with Gasteiger partial charge in [-0.3, -0.25) is 0 Å². The van der Waals surface area contributed by atoms with Crippen LogP contribution in [0.15, 0.2) is 47.8 Å². The summed E-state index contributed by atoms with van der Waals surface area (Å²) in [6, 6.07) is 15.2. The molecule has 1 atom stereocenters. The highest BCUT2D eigenvalue weighted by Crippen LogP contribution is 2.17. The van der Waals surface area contributed by atoms with E-state index in [9.17, 15) is 0 Å². The predicted molar refractivity (Wildman–Crippen MR) is 80.4 cm³/mol. The second-order valence-electron chi connectivity index (χ2n) is 4.45. The predicted octanol–water partition coefficient (Wildman–Crippen LogP) is 3.54. The highest BCUT2D eigenvalue weighted by Gasteiger charge is 2.05. The van der Waals surface area contributed by atoms with E-state index < -0.39 is 0 Å². The third-order valence-electron chi connectivity index (χ3n) is 3.06. The van der Waals surface area contributed by atoms with E-state index in [0.29, 0.717) is 6.04 Å². The molecule has 1 unspecified atom stereocenters. The number of nitrogens with zero attached hydrogens (tertiary/aromatic N) is 1. The standard InChI is InChI=1S/C15H20N2S/c1-13(15-9-6-12-18-15)16-10-11-17(2)14-7-4-3-5-8-14/h3-9,12-13,16H,10-11H2,1-2H3. The topological polar surface area (TPSA) is 15.3 Å². The Balaban J connectivity index is 1.76. The highest BCUT2D eigenvalue weighted by atomic mass is 32.1. The van der Waals surface area contributed by atoms with Crippen LogP contribution in [-0.4, -0.2) is 20.1 Å². The summed E-state index contributed by atoms with van der Waals surface area (Å²) in [4.78, 5) is 3.67. The van der Waals surface area contributed by atoms with Crippen LogP contribution in [-0.2, 0) is 0 Å². The molecule has 0 spiro atoms. The van der Waals surface area contributed by atoms with Crippen molar-refractivity contribution in [3.63, 3.8) is 0 Å². The van der Waals surface area contributed by atoms with Crippen LogP contribution in [0.4, 0.5) is 5.69 Å². The lowest BCUT2D eigenvalue weighted by Crippen LogP contribution is -2.30. The van der Waals surface area contributed by atoms with Crippen LogP contribution in [0.3, 0.4) is 0 Å². The largest absolute Gasteiger partial charge is 0.373 e. The molecule has 0 saturated heterocycles. The number of para-hydroxylation sites is 1. The van der Waals surface area contributed by atoms with E-state index in [1.54, 1.807) is 0 Å². The fourth-order valence-electron chi connectivity index (χ4n) is 1.90. The molecule has 1 aromatic heterocycles. The van der Waals surface area contributed by atoms with Gasteiger partial charge in [-0.1, -0.05) is 24.3 Å². The van der Waals surface area contributed by atoms with Gasteiger partial charge in [-0.15, -0.1) is 11.3 Å². The van der Waals surface area contributed by atoms with E-state index in [2.05, 4.69) is 72.0 Å². The quantitative estimate of drug-likeness (QED) is 0.854. The first-order valence-electron chi connectivity index (χ1n) is 6.30. The number of hydrogen-bond donors (Lipinski definition) is 1. The zero-order valence-electron chi connectivity index (χ0n) is 11.0. The molecule has 3 heteroatoms. The molecule has 1 heterocycles. The van der Waals surface area contributed by atoms with Gasteiger partial charge in [0.25, 0.3) is 0 Å². The lowest BCUT2D eigenvalue weighted by molar-refractivity contribution is 0.584. The van der Waals surface area contributed by atoms with Crippen molar-refractivity contribution in [3.8, 4) is 0 Å². The summed E-state index contributed by atoms with van der Waals surface area (Å²) >= 11 is 1.81. The Morgan fingerprint density at radius 1 is 1.17 bits per heavy atom. The third-order valence-corrected chi connectivity index (χ3v) is 4.12. The van der Waals surface area contributed by atoms with E-state index in [1.165, 1.54) is 10.6 Å². The van der Waals surface area contributed by atoms with Crippen molar-refractivity contribution in [2.45, 2.75) is 13.0 Å². The Kier molecular flexibility index (Phi) is 4.79. The van der Waals surface area contributed by atoms with Crippen LogP contribution in [0, 0.1) is 0 Å². The van der Waals surface area contributed by atoms with E-state index in [4.69, 9.17) is 0 Å². The van der Waals surface area contributed by atoms with Crippen molar-refractivity contribution in [2.75, 3.05) is 25.0 Å². The molecule has 96 valence electrons. The van der Waals surface area contributed by atoms with Crippen LogP contribution >= 0.6 is 11.3 Å². The number of nitrogens with one attached hydrogen (secondary N) is 1. The average molecular weight is 260 g/mol. The van der Waals surface area contributed by atoms with E-state index in [1.807, 2.05) is 11.3 Å². The molecule has 18 heavy (non-hydrogen) atoms. The molecule has 0 aliphatic rings. The summed E-state index contributed by atoms with van der Waals surface area (Å²) in [5.74, 6) is 0. The van der Waals surface area contributed by atoms with Crippen LogP contribution in [0.2, 0.25) is 0 Å². The van der Waals surface area contributed by atoms with Gasteiger partial charge in [0.15, 0.2) is 0 Å². The molecule has 0 saturated carbocycles. The van der Waals surface area contributed by atoms with Gasteiger partial charge in [-0.05, 0) is 30.5 Å². The van der Waals surface area contributed by atoms with Crippen LogP contribution in [0.5, 0.6) is 0 Å².